The van der Waals surface area contributed by atoms with Crippen molar-refractivity contribution in [3.63, 3.8) is 0 Å². The highest BCUT2D eigenvalue weighted by atomic mass is 35.5. The standard InChI is InChI=1S/C21H20Cl2F2N2O4/c22-11-1-3-15(13(24)7-11)27-6-5-21(30,17(28)9-27)10-31-16-8-14(25)19(23)20-12(16)2-4-18(29)26-20/h1,3,7-8,17,28,30H,2,4-6,9-10H2,(H,26,29)/t17-,21-/m1/s1. The zero-order valence-electron chi connectivity index (χ0n) is 16.3. The molecule has 0 spiro atoms. The first-order valence-corrected chi connectivity index (χ1v) is 10.5. The Bertz CT molecular complexity index is 1040. The average molecular weight is 473 g/mol. The molecule has 2 aromatic carbocycles. The maximum Gasteiger partial charge on any atom is 0.224 e. The number of hydrogen-bond donors (Lipinski definition) is 3. The van der Waals surface area contributed by atoms with E-state index in [1.165, 1.54) is 12.1 Å². The van der Waals surface area contributed by atoms with Gasteiger partial charge in [0.25, 0.3) is 0 Å². The molecule has 2 aliphatic rings. The van der Waals surface area contributed by atoms with Crippen LogP contribution >= 0.6 is 23.2 Å². The van der Waals surface area contributed by atoms with Crippen LogP contribution in [0, 0.1) is 11.6 Å². The lowest BCUT2D eigenvalue weighted by atomic mass is 9.89. The summed E-state index contributed by atoms with van der Waals surface area (Å²) in [6, 6.07) is 5.35. The molecule has 2 aliphatic heterocycles. The molecule has 6 nitrogen and oxygen atoms in total. The summed E-state index contributed by atoms with van der Waals surface area (Å²) >= 11 is 11.8. The van der Waals surface area contributed by atoms with Gasteiger partial charge in [0.15, 0.2) is 0 Å². The minimum Gasteiger partial charge on any atom is -0.490 e. The van der Waals surface area contributed by atoms with E-state index in [1.54, 1.807) is 11.0 Å². The predicted molar refractivity (Wildman–Crippen MR) is 113 cm³/mol. The topological polar surface area (TPSA) is 82.0 Å². The van der Waals surface area contributed by atoms with Crippen molar-refractivity contribution in [3.8, 4) is 5.75 Å². The summed E-state index contributed by atoms with van der Waals surface area (Å²) in [6.45, 7) is -0.0766. The second-order valence-electron chi connectivity index (χ2n) is 7.77. The van der Waals surface area contributed by atoms with E-state index in [2.05, 4.69) is 5.32 Å². The number of carbonyl (C=O) groups excluding carboxylic acids is 1. The van der Waals surface area contributed by atoms with Gasteiger partial charge in [-0.25, -0.2) is 8.78 Å². The molecule has 0 aliphatic carbocycles. The fourth-order valence-corrected chi connectivity index (χ4v) is 4.26. The van der Waals surface area contributed by atoms with E-state index in [1.807, 2.05) is 0 Å². The second-order valence-corrected chi connectivity index (χ2v) is 8.59. The van der Waals surface area contributed by atoms with E-state index in [4.69, 9.17) is 27.9 Å². The van der Waals surface area contributed by atoms with Gasteiger partial charge in [0, 0.05) is 36.2 Å². The van der Waals surface area contributed by atoms with Crippen molar-refractivity contribution in [3.05, 3.63) is 51.5 Å². The minimum atomic E-state index is -1.62. The summed E-state index contributed by atoms with van der Waals surface area (Å²) in [4.78, 5) is 13.3. The Kier molecular flexibility index (Phi) is 6.00. The van der Waals surface area contributed by atoms with Crippen LogP contribution in [0.5, 0.6) is 5.75 Å². The molecule has 1 amide bonds. The van der Waals surface area contributed by atoms with Gasteiger partial charge < -0.3 is 25.2 Å². The molecular weight excluding hydrogens is 453 g/mol. The molecule has 3 N–H and O–H groups in total. The molecule has 0 unspecified atom stereocenters. The van der Waals surface area contributed by atoms with Crippen LogP contribution in [0.25, 0.3) is 0 Å². The van der Waals surface area contributed by atoms with Crippen LogP contribution in [-0.4, -0.2) is 47.5 Å². The van der Waals surface area contributed by atoms with E-state index in [-0.39, 0.29) is 65.6 Å². The van der Waals surface area contributed by atoms with Crippen molar-refractivity contribution in [2.75, 3.05) is 29.9 Å². The lowest BCUT2D eigenvalue weighted by Crippen LogP contribution is -2.58. The van der Waals surface area contributed by atoms with Crippen molar-refractivity contribution in [1.82, 2.24) is 0 Å². The normalized spacial score (nSPS) is 23.4. The highest BCUT2D eigenvalue weighted by Crippen LogP contribution is 2.40. The quantitative estimate of drug-likeness (QED) is 0.633. The van der Waals surface area contributed by atoms with E-state index < -0.39 is 23.3 Å². The molecule has 0 radical (unpaired) electrons. The SMILES string of the molecule is O=C1CCc2c(OC[C@]3(O)CCN(c4ccc(Cl)cc4F)C[C@H]3O)cc(F)c(Cl)c2N1. The monoisotopic (exact) mass is 472 g/mol. The zero-order valence-corrected chi connectivity index (χ0v) is 17.8. The van der Waals surface area contributed by atoms with E-state index in [0.717, 1.165) is 6.07 Å². The van der Waals surface area contributed by atoms with Gasteiger partial charge in [-0.05, 0) is 31.0 Å². The van der Waals surface area contributed by atoms with Gasteiger partial charge >= 0.3 is 0 Å². The molecule has 166 valence electrons. The number of aliphatic hydroxyl groups excluding tert-OH is 1. The number of halogens is 4. The molecule has 2 heterocycles. The van der Waals surface area contributed by atoms with Crippen LogP contribution in [0.15, 0.2) is 24.3 Å². The zero-order chi connectivity index (χ0) is 22.3. The number of benzene rings is 2. The van der Waals surface area contributed by atoms with Gasteiger partial charge in [-0.15, -0.1) is 0 Å². The summed E-state index contributed by atoms with van der Waals surface area (Å²) in [6.07, 6.45) is -0.657. The first-order chi connectivity index (χ1) is 14.7. The lowest BCUT2D eigenvalue weighted by molar-refractivity contribution is -0.116. The number of anilines is 2. The number of β-amino-alcohol motifs (C(OH)–C–C–N with tert-alkyl or cyclic N) is 1. The van der Waals surface area contributed by atoms with Crippen molar-refractivity contribution in [2.45, 2.75) is 31.0 Å². The largest absolute Gasteiger partial charge is 0.490 e. The summed E-state index contributed by atoms with van der Waals surface area (Å²) < 4.78 is 34.1. The molecule has 2 aromatic rings. The van der Waals surface area contributed by atoms with E-state index in [9.17, 15) is 23.8 Å². The first kappa shape index (κ1) is 22.1. The smallest absolute Gasteiger partial charge is 0.224 e. The fourth-order valence-electron chi connectivity index (χ4n) is 3.88. The van der Waals surface area contributed by atoms with Gasteiger partial charge in [0.1, 0.15) is 40.7 Å². The van der Waals surface area contributed by atoms with Gasteiger partial charge in [-0.1, -0.05) is 23.2 Å². The summed E-state index contributed by atoms with van der Waals surface area (Å²) in [5, 5.41) is 24.1. The maximum absolute atomic E-state index is 14.2. The number of aliphatic hydroxyl groups is 2. The molecule has 1 fully saturated rings. The number of amides is 1. The Labute approximate surface area is 187 Å². The lowest BCUT2D eigenvalue weighted by Gasteiger charge is -2.42. The minimum absolute atomic E-state index is 0.0262. The van der Waals surface area contributed by atoms with Crippen LogP contribution in [0.2, 0.25) is 10.0 Å². The Balaban J connectivity index is 1.49. The average Bonchev–Trinajstić information content (AvgIpc) is 2.72. The van der Waals surface area contributed by atoms with Crippen molar-refractivity contribution in [1.29, 1.82) is 0 Å². The number of nitrogens with one attached hydrogen (secondary N) is 1. The first-order valence-electron chi connectivity index (χ1n) is 9.72. The molecule has 0 bridgehead atoms. The number of carbonyl (C=O) groups is 1. The highest BCUT2D eigenvalue weighted by molar-refractivity contribution is 6.34. The Hall–Kier alpha value is -2.13. The summed E-state index contributed by atoms with van der Waals surface area (Å²) in [7, 11) is 0. The van der Waals surface area contributed by atoms with E-state index >= 15 is 0 Å². The van der Waals surface area contributed by atoms with Gasteiger partial charge in [-0.2, -0.15) is 0 Å². The molecule has 1 saturated heterocycles. The number of ether oxygens (including phenoxy) is 1. The Morgan fingerprint density at radius 2 is 2.00 bits per heavy atom. The van der Waals surface area contributed by atoms with Crippen LogP contribution in [0.3, 0.4) is 0 Å². The van der Waals surface area contributed by atoms with Gasteiger partial charge in [0.05, 0.1) is 11.4 Å². The third-order valence-electron chi connectivity index (χ3n) is 5.71. The van der Waals surface area contributed by atoms with Crippen LogP contribution in [-0.2, 0) is 11.2 Å². The van der Waals surface area contributed by atoms with Crippen LogP contribution in [0.4, 0.5) is 20.2 Å². The number of rotatable bonds is 4. The Morgan fingerprint density at radius 1 is 1.23 bits per heavy atom. The van der Waals surface area contributed by atoms with Crippen molar-refractivity contribution < 1.29 is 28.5 Å². The molecule has 31 heavy (non-hydrogen) atoms. The summed E-state index contributed by atoms with van der Waals surface area (Å²) in [5.74, 6) is -1.42. The van der Waals surface area contributed by atoms with Crippen molar-refractivity contribution >= 4 is 40.5 Å². The number of fused-ring (bicyclic) bond motifs is 1. The number of nitrogens with zero attached hydrogens (tertiary/aromatic N) is 1. The second kappa shape index (κ2) is 8.43. The van der Waals surface area contributed by atoms with Crippen LogP contribution < -0.4 is 15.0 Å². The molecule has 10 heteroatoms. The molecule has 2 atom stereocenters. The Morgan fingerprint density at radius 3 is 2.71 bits per heavy atom. The van der Waals surface area contributed by atoms with E-state index in [0.29, 0.717) is 12.0 Å². The maximum atomic E-state index is 14.2. The predicted octanol–water partition coefficient (Wildman–Crippen LogP) is 3.54. The fraction of sp³-hybridized carbons (Fsp3) is 0.381. The molecule has 0 saturated carbocycles. The molecule has 0 aromatic heterocycles. The van der Waals surface area contributed by atoms with Gasteiger partial charge in [-0.3, -0.25) is 4.79 Å². The van der Waals surface area contributed by atoms with Crippen molar-refractivity contribution in [2.24, 2.45) is 0 Å². The third-order valence-corrected chi connectivity index (χ3v) is 6.31. The summed E-state index contributed by atoms with van der Waals surface area (Å²) in [5.41, 5.74) is -0.658. The number of hydrogen-bond acceptors (Lipinski definition) is 5. The molecular formula is C21H20Cl2F2N2O4. The van der Waals surface area contributed by atoms with Gasteiger partial charge in [0.2, 0.25) is 5.91 Å². The highest BCUT2D eigenvalue weighted by Gasteiger charge is 2.42. The third kappa shape index (κ3) is 4.30. The number of piperidine rings is 1. The van der Waals surface area contributed by atoms with Crippen LogP contribution in [0.1, 0.15) is 18.4 Å². The molecule has 4 rings (SSSR count).